The molecule has 1 saturated heterocycles. The number of amides is 1. The Morgan fingerprint density at radius 2 is 1.67 bits per heavy atom. The summed E-state index contributed by atoms with van der Waals surface area (Å²) in [5, 5.41) is 3.06. The number of benzene rings is 1. The zero-order chi connectivity index (χ0) is 15.2. The van der Waals surface area contributed by atoms with E-state index in [0.29, 0.717) is 6.42 Å². The maximum Gasteiger partial charge on any atom is 0.225 e. The summed E-state index contributed by atoms with van der Waals surface area (Å²) in [6.07, 6.45) is 0.569. The van der Waals surface area contributed by atoms with Gasteiger partial charge in [0.2, 0.25) is 5.91 Å². The number of rotatable bonds is 5. The van der Waals surface area contributed by atoms with Gasteiger partial charge in [0.15, 0.2) is 0 Å². The molecule has 116 valence electrons. The summed E-state index contributed by atoms with van der Waals surface area (Å²) in [5.41, 5.74) is 3.22. The van der Waals surface area contributed by atoms with E-state index in [9.17, 15) is 4.79 Å². The monoisotopic (exact) mass is 289 g/mol. The molecule has 1 heterocycles. The summed E-state index contributed by atoms with van der Waals surface area (Å²) in [4.78, 5) is 17.0. The highest BCUT2D eigenvalue weighted by molar-refractivity contribution is 5.92. The van der Waals surface area contributed by atoms with E-state index in [1.54, 1.807) is 0 Å². The van der Waals surface area contributed by atoms with Gasteiger partial charge in [0, 0.05) is 44.8 Å². The van der Waals surface area contributed by atoms with Crippen LogP contribution in [0.2, 0.25) is 0 Å². The SMILES string of the molecule is CCN1CCN(CCC(=O)Nc2c(C)cccc2C)CC1. The Bertz CT molecular complexity index is 459. The van der Waals surface area contributed by atoms with Crippen molar-refractivity contribution in [2.75, 3.05) is 44.6 Å². The fourth-order valence-corrected chi connectivity index (χ4v) is 2.80. The van der Waals surface area contributed by atoms with Crippen molar-refractivity contribution < 1.29 is 4.79 Å². The van der Waals surface area contributed by atoms with Crippen molar-refractivity contribution in [2.24, 2.45) is 0 Å². The number of para-hydroxylation sites is 1. The highest BCUT2D eigenvalue weighted by Crippen LogP contribution is 2.19. The number of aryl methyl sites for hydroxylation is 2. The minimum Gasteiger partial charge on any atom is -0.326 e. The van der Waals surface area contributed by atoms with Crippen molar-refractivity contribution in [3.63, 3.8) is 0 Å². The number of carbonyl (C=O) groups is 1. The van der Waals surface area contributed by atoms with E-state index < -0.39 is 0 Å². The lowest BCUT2D eigenvalue weighted by atomic mass is 10.1. The minimum absolute atomic E-state index is 0.116. The van der Waals surface area contributed by atoms with Gasteiger partial charge in [0.1, 0.15) is 0 Å². The maximum absolute atomic E-state index is 12.1. The highest BCUT2D eigenvalue weighted by atomic mass is 16.1. The molecule has 1 aromatic carbocycles. The molecule has 0 bridgehead atoms. The molecule has 4 nitrogen and oxygen atoms in total. The number of carbonyl (C=O) groups excluding carboxylic acids is 1. The molecule has 0 aliphatic carbocycles. The second-order valence-electron chi connectivity index (χ2n) is 5.84. The maximum atomic E-state index is 12.1. The molecule has 0 atom stereocenters. The van der Waals surface area contributed by atoms with Crippen LogP contribution in [0.15, 0.2) is 18.2 Å². The summed E-state index contributed by atoms with van der Waals surface area (Å²) in [6, 6.07) is 6.09. The lowest BCUT2D eigenvalue weighted by molar-refractivity contribution is -0.116. The number of anilines is 1. The Balaban J connectivity index is 1.78. The van der Waals surface area contributed by atoms with Gasteiger partial charge in [0.25, 0.3) is 0 Å². The number of nitrogens with zero attached hydrogens (tertiary/aromatic N) is 2. The van der Waals surface area contributed by atoms with Gasteiger partial charge in [-0.1, -0.05) is 25.1 Å². The molecule has 2 rings (SSSR count). The van der Waals surface area contributed by atoms with Gasteiger partial charge in [-0.25, -0.2) is 0 Å². The highest BCUT2D eigenvalue weighted by Gasteiger charge is 2.16. The Hall–Kier alpha value is -1.39. The van der Waals surface area contributed by atoms with E-state index in [2.05, 4.69) is 22.0 Å². The van der Waals surface area contributed by atoms with Crippen molar-refractivity contribution in [3.05, 3.63) is 29.3 Å². The molecule has 0 radical (unpaired) electrons. The van der Waals surface area contributed by atoms with Crippen LogP contribution in [0.1, 0.15) is 24.5 Å². The second-order valence-corrected chi connectivity index (χ2v) is 5.84. The lowest BCUT2D eigenvalue weighted by Crippen LogP contribution is -2.46. The van der Waals surface area contributed by atoms with Gasteiger partial charge in [0.05, 0.1) is 0 Å². The molecule has 1 amide bonds. The first-order valence-electron chi connectivity index (χ1n) is 7.91. The molecule has 1 N–H and O–H groups in total. The topological polar surface area (TPSA) is 35.6 Å². The molecule has 0 unspecified atom stereocenters. The van der Waals surface area contributed by atoms with E-state index in [4.69, 9.17) is 0 Å². The number of hydrogen-bond acceptors (Lipinski definition) is 3. The Morgan fingerprint density at radius 1 is 1.10 bits per heavy atom. The number of nitrogens with one attached hydrogen (secondary N) is 1. The molecular weight excluding hydrogens is 262 g/mol. The summed E-state index contributed by atoms with van der Waals surface area (Å²) in [6.45, 7) is 12.6. The number of likely N-dealkylation sites (N-methyl/N-ethyl adjacent to an activating group) is 1. The molecule has 21 heavy (non-hydrogen) atoms. The van der Waals surface area contributed by atoms with Gasteiger partial charge in [-0.15, -0.1) is 0 Å². The fraction of sp³-hybridized carbons (Fsp3) is 0.588. The average Bonchev–Trinajstić information content (AvgIpc) is 2.49. The zero-order valence-electron chi connectivity index (χ0n) is 13.5. The van der Waals surface area contributed by atoms with Gasteiger partial charge in [-0.2, -0.15) is 0 Å². The molecule has 1 aliphatic heterocycles. The van der Waals surface area contributed by atoms with E-state index >= 15 is 0 Å². The largest absolute Gasteiger partial charge is 0.326 e. The molecule has 0 aromatic heterocycles. The lowest BCUT2D eigenvalue weighted by Gasteiger charge is -2.33. The number of hydrogen-bond donors (Lipinski definition) is 1. The fourth-order valence-electron chi connectivity index (χ4n) is 2.80. The summed E-state index contributed by atoms with van der Waals surface area (Å²) in [5.74, 6) is 0.116. The van der Waals surface area contributed by atoms with Gasteiger partial charge >= 0.3 is 0 Å². The normalized spacial score (nSPS) is 16.9. The van der Waals surface area contributed by atoms with Crippen LogP contribution in [0, 0.1) is 13.8 Å². The first-order valence-corrected chi connectivity index (χ1v) is 7.91. The van der Waals surface area contributed by atoms with Gasteiger partial charge < -0.3 is 15.1 Å². The third-order valence-electron chi connectivity index (χ3n) is 4.31. The third-order valence-corrected chi connectivity index (χ3v) is 4.31. The Kier molecular flexibility index (Phi) is 5.76. The minimum atomic E-state index is 0.116. The molecular formula is C17H27N3O. The predicted molar refractivity (Wildman–Crippen MR) is 87.7 cm³/mol. The van der Waals surface area contributed by atoms with E-state index in [1.807, 2.05) is 32.0 Å². The van der Waals surface area contributed by atoms with Crippen LogP contribution < -0.4 is 5.32 Å². The average molecular weight is 289 g/mol. The summed E-state index contributed by atoms with van der Waals surface area (Å²) in [7, 11) is 0. The van der Waals surface area contributed by atoms with Crippen LogP contribution >= 0.6 is 0 Å². The molecule has 4 heteroatoms. The van der Waals surface area contributed by atoms with E-state index in [0.717, 1.165) is 56.1 Å². The van der Waals surface area contributed by atoms with Crippen LogP contribution in [0.4, 0.5) is 5.69 Å². The predicted octanol–water partition coefficient (Wildman–Crippen LogP) is 2.27. The van der Waals surface area contributed by atoms with Gasteiger partial charge in [-0.05, 0) is 31.5 Å². The van der Waals surface area contributed by atoms with Crippen molar-refractivity contribution in [3.8, 4) is 0 Å². The van der Waals surface area contributed by atoms with Crippen LogP contribution in [0.5, 0.6) is 0 Å². The van der Waals surface area contributed by atoms with Gasteiger partial charge in [-0.3, -0.25) is 4.79 Å². The van der Waals surface area contributed by atoms with Crippen LogP contribution in [0.3, 0.4) is 0 Å². The molecule has 0 saturated carbocycles. The standard InChI is InChI=1S/C17H27N3O/c1-4-19-10-12-20(13-11-19)9-8-16(21)18-17-14(2)6-5-7-15(17)3/h5-7H,4,8-13H2,1-3H3,(H,18,21). The van der Waals surface area contributed by atoms with Crippen LogP contribution in [-0.2, 0) is 4.79 Å². The molecule has 1 aliphatic rings. The summed E-state index contributed by atoms with van der Waals surface area (Å²) < 4.78 is 0. The van der Waals surface area contributed by atoms with Crippen LogP contribution in [0.25, 0.3) is 0 Å². The molecule has 1 aromatic rings. The quantitative estimate of drug-likeness (QED) is 0.903. The first kappa shape index (κ1) is 16.0. The number of piperazine rings is 1. The van der Waals surface area contributed by atoms with Crippen molar-refractivity contribution in [2.45, 2.75) is 27.2 Å². The Labute approximate surface area is 128 Å². The molecule has 0 spiro atoms. The van der Waals surface area contributed by atoms with E-state index in [1.165, 1.54) is 0 Å². The smallest absolute Gasteiger partial charge is 0.225 e. The first-order chi connectivity index (χ1) is 10.1. The van der Waals surface area contributed by atoms with Crippen molar-refractivity contribution >= 4 is 11.6 Å². The van der Waals surface area contributed by atoms with E-state index in [-0.39, 0.29) is 5.91 Å². The Morgan fingerprint density at radius 3 is 2.24 bits per heavy atom. The molecule has 1 fully saturated rings. The third kappa shape index (κ3) is 4.55. The van der Waals surface area contributed by atoms with Crippen LogP contribution in [-0.4, -0.2) is 55.0 Å². The second kappa shape index (κ2) is 7.57. The van der Waals surface area contributed by atoms with Crippen molar-refractivity contribution in [1.29, 1.82) is 0 Å². The zero-order valence-corrected chi connectivity index (χ0v) is 13.5. The van der Waals surface area contributed by atoms with Crippen molar-refractivity contribution in [1.82, 2.24) is 9.80 Å². The summed E-state index contributed by atoms with van der Waals surface area (Å²) >= 11 is 0.